The van der Waals surface area contributed by atoms with Crippen LogP contribution in [0.1, 0.15) is 46.0 Å². The van der Waals surface area contributed by atoms with Crippen LogP contribution in [0, 0.1) is 5.92 Å². The lowest BCUT2D eigenvalue weighted by molar-refractivity contribution is 0.109. The van der Waals surface area contributed by atoms with Gasteiger partial charge >= 0.3 is 0 Å². The Morgan fingerprint density at radius 3 is 2.89 bits per heavy atom. The van der Waals surface area contributed by atoms with Crippen LogP contribution in [0.15, 0.2) is 4.99 Å². The highest BCUT2D eigenvalue weighted by Gasteiger charge is 2.39. The van der Waals surface area contributed by atoms with E-state index in [9.17, 15) is 0 Å². The molecule has 1 heterocycles. The van der Waals surface area contributed by atoms with Gasteiger partial charge in [-0.3, -0.25) is 4.99 Å². The zero-order valence-corrected chi connectivity index (χ0v) is 12.5. The maximum absolute atomic E-state index is 5.56. The summed E-state index contributed by atoms with van der Waals surface area (Å²) in [5, 5.41) is 4.81. The smallest absolute Gasteiger partial charge is 0.157 e. The third-order valence-corrected chi connectivity index (χ3v) is 4.77. The van der Waals surface area contributed by atoms with Gasteiger partial charge in [0.1, 0.15) is 0 Å². The molecule has 0 unspecified atom stereocenters. The van der Waals surface area contributed by atoms with Crippen molar-refractivity contribution >= 4 is 16.9 Å². The maximum Gasteiger partial charge on any atom is 0.157 e. The number of aliphatic imine (C=N–C) groups is 1. The predicted molar refractivity (Wildman–Crippen MR) is 79.4 cm³/mol. The first-order valence-electron chi connectivity index (χ1n) is 7.23. The van der Waals surface area contributed by atoms with Crippen LogP contribution in [0.3, 0.4) is 0 Å². The molecule has 0 aromatic rings. The van der Waals surface area contributed by atoms with Crippen molar-refractivity contribution in [2.45, 2.75) is 51.5 Å². The van der Waals surface area contributed by atoms with Crippen molar-refractivity contribution in [3.63, 3.8) is 0 Å². The van der Waals surface area contributed by atoms with Crippen molar-refractivity contribution in [2.75, 3.05) is 25.5 Å². The first-order valence-corrected chi connectivity index (χ1v) is 8.22. The standard InChI is InChI=1S/C14H26N2OS/c1-12(2)10-17-9-5-8-15-13-16-14(11-18-13)6-3-4-7-14/h12H,3-11H2,1-2H3,(H,15,16). The molecular formula is C14H26N2OS. The summed E-state index contributed by atoms with van der Waals surface area (Å²) < 4.78 is 5.56. The molecule has 1 aliphatic carbocycles. The largest absolute Gasteiger partial charge is 0.381 e. The summed E-state index contributed by atoms with van der Waals surface area (Å²) in [5.74, 6) is 1.85. The summed E-state index contributed by atoms with van der Waals surface area (Å²) in [5.41, 5.74) is 0.400. The van der Waals surface area contributed by atoms with E-state index in [1.165, 1.54) is 36.6 Å². The topological polar surface area (TPSA) is 33.6 Å². The summed E-state index contributed by atoms with van der Waals surface area (Å²) in [4.78, 5) is 4.65. The third kappa shape index (κ3) is 4.16. The monoisotopic (exact) mass is 270 g/mol. The minimum atomic E-state index is 0.400. The first kappa shape index (κ1) is 14.2. The Balaban J connectivity index is 1.60. The summed E-state index contributed by atoms with van der Waals surface area (Å²) in [6.07, 6.45) is 6.45. The minimum absolute atomic E-state index is 0.400. The molecule has 2 aliphatic rings. The van der Waals surface area contributed by atoms with E-state index in [-0.39, 0.29) is 0 Å². The molecule has 1 spiro atoms. The van der Waals surface area contributed by atoms with Crippen LogP contribution < -0.4 is 5.32 Å². The van der Waals surface area contributed by atoms with Gasteiger partial charge in [0, 0.05) is 31.1 Å². The predicted octanol–water partition coefficient (Wildman–Crippen LogP) is 3.05. The summed E-state index contributed by atoms with van der Waals surface area (Å²) in [6.45, 7) is 6.96. The lowest BCUT2D eigenvalue weighted by Crippen LogP contribution is -2.40. The molecule has 0 aromatic carbocycles. The number of nitrogens with zero attached hydrogens (tertiary/aromatic N) is 1. The van der Waals surface area contributed by atoms with Crippen molar-refractivity contribution in [1.29, 1.82) is 0 Å². The van der Waals surface area contributed by atoms with E-state index < -0.39 is 0 Å². The number of amidine groups is 1. The minimum Gasteiger partial charge on any atom is -0.381 e. The van der Waals surface area contributed by atoms with E-state index in [1.807, 2.05) is 11.8 Å². The first-order chi connectivity index (χ1) is 8.70. The van der Waals surface area contributed by atoms with Gasteiger partial charge in [0.15, 0.2) is 5.17 Å². The number of rotatable bonds is 6. The second kappa shape index (κ2) is 6.80. The van der Waals surface area contributed by atoms with E-state index in [0.717, 1.165) is 26.2 Å². The van der Waals surface area contributed by atoms with Crippen LogP contribution in [0.25, 0.3) is 0 Å². The van der Waals surface area contributed by atoms with Crippen LogP contribution in [-0.2, 0) is 4.74 Å². The molecule has 1 N–H and O–H groups in total. The van der Waals surface area contributed by atoms with E-state index in [0.29, 0.717) is 11.5 Å². The fourth-order valence-electron chi connectivity index (χ4n) is 2.58. The molecule has 0 aromatic heterocycles. The maximum atomic E-state index is 5.56. The van der Waals surface area contributed by atoms with Crippen LogP contribution in [0.5, 0.6) is 0 Å². The van der Waals surface area contributed by atoms with Crippen molar-refractivity contribution < 1.29 is 4.74 Å². The van der Waals surface area contributed by atoms with Gasteiger partial charge in [-0.2, -0.15) is 0 Å². The molecule has 0 atom stereocenters. The van der Waals surface area contributed by atoms with Gasteiger partial charge in [-0.1, -0.05) is 38.5 Å². The average Bonchev–Trinajstić information content (AvgIpc) is 2.95. The molecule has 4 heteroatoms. The number of ether oxygens (including phenoxy) is 1. The second-order valence-electron chi connectivity index (χ2n) is 5.91. The molecule has 104 valence electrons. The lowest BCUT2D eigenvalue weighted by atomic mass is 10.0. The third-order valence-electron chi connectivity index (χ3n) is 3.57. The highest BCUT2D eigenvalue weighted by atomic mass is 32.2. The molecule has 1 saturated carbocycles. The van der Waals surface area contributed by atoms with Crippen molar-refractivity contribution in [2.24, 2.45) is 10.9 Å². The molecule has 2 rings (SSSR count). The van der Waals surface area contributed by atoms with E-state index in [4.69, 9.17) is 4.74 Å². The molecule has 0 radical (unpaired) electrons. The van der Waals surface area contributed by atoms with E-state index in [1.54, 1.807) is 0 Å². The zero-order valence-electron chi connectivity index (χ0n) is 11.7. The number of nitrogens with one attached hydrogen (secondary N) is 1. The summed E-state index contributed by atoms with van der Waals surface area (Å²) in [7, 11) is 0. The Morgan fingerprint density at radius 1 is 1.39 bits per heavy atom. The highest BCUT2D eigenvalue weighted by Crippen LogP contribution is 2.37. The van der Waals surface area contributed by atoms with Gasteiger partial charge in [0.25, 0.3) is 0 Å². The Hall–Kier alpha value is -0.220. The SMILES string of the molecule is CC(C)COCCCN=C1NC2(CCCC2)CS1. The van der Waals surface area contributed by atoms with Crippen LogP contribution in [0.4, 0.5) is 0 Å². The van der Waals surface area contributed by atoms with Crippen molar-refractivity contribution in [3.05, 3.63) is 0 Å². The Kier molecular flexibility index (Phi) is 5.37. The fraction of sp³-hybridized carbons (Fsp3) is 0.929. The van der Waals surface area contributed by atoms with Gasteiger partial charge in [-0.05, 0) is 25.2 Å². The number of thioether (sulfide) groups is 1. The fourth-order valence-corrected chi connectivity index (χ4v) is 3.82. The van der Waals surface area contributed by atoms with Gasteiger partial charge in [-0.25, -0.2) is 0 Å². The van der Waals surface area contributed by atoms with Gasteiger partial charge in [-0.15, -0.1) is 0 Å². The molecule has 0 amide bonds. The van der Waals surface area contributed by atoms with E-state index in [2.05, 4.69) is 24.2 Å². The van der Waals surface area contributed by atoms with Gasteiger partial charge in [0.2, 0.25) is 0 Å². The Labute approximate surface area is 115 Å². The molecule has 1 aliphatic heterocycles. The molecule has 0 bridgehead atoms. The molecule has 18 heavy (non-hydrogen) atoms. The average molecular weight is 270 g/mol. The lowest BCUT2D eigenvalue weighted by Gasteiger charge is -2.21. The molecule has 1 saturated heterocycles. The number of hydrogen-bond acceptors (Lipinski definition) is 3. The normalized spacial score (nSPS) is 24.3. The molecular weight excluding hydrogens is 244 g/mol. The summed E-state index contributed by atoms with van der Waals surface area (Å²) >= 11 is 1.91. The van der Waals surface area contributed by atoms with Crippen LogP contribution >= 0.6 is 11.8 Å². The quantitative estimate of drug-likeness (QED) is 0.753. The van der Waals surface area contributed by atoms with Gasteiger partial charge < -0.3 is 10.1 Å². The summed E-state index contributed by atoms with van der Waals surface area (Å²) in [6, 6.07) is 0. The van der Waals surface area contributed by atoms with E-state index >= 15 is 0 Å². The highest BCUT2D eigenvalue weighted by molar-refractivity contribution is 8.14. The van der Waals surface area contributed by atoms with Crippen molar-refractivity contribution in [3.8, 4) is 0 Å². The van der Waals surface area contributed by atoms with Gasteiger partial charge in [0.05, 0.1) is 0 Å². The zero-order chi connectivity index (χ0) is 12.8. The Bertz CT molecular complexity index is 286. The van der Waals surface area contributed by atoms with Crippen LogP contribution in [0.2, 0.25) is 0 Å². The Morgan fingerprint density at radius 2 is 2.17 bits per heavy atom. The second-order valence-corrected chi connectivity index (χ2v) is 6.87. The molecule has 2 fully saturated rings. The number of hydrogen-bond donors (Lipinski definition) is 1. The van der Waals surface area contributed by atoms with Crippen molar-refractivity contribution in [1.82, 2.24) is 5.32 Å². The molecule has 3 nitrogen and oxygen atoms in total. The van der Waals surface area contributed by atoms with Crippen LogP contribution in [-0.4, -0.2) is 36.2 Å².